The van der Waals surface area contributed by atoms with Gasteiger partial charge in [0.15, 0.2) is 0 Å². The summed E-state index contributed by atoms with van der Waals surface area (Å²) in [5, 5.41) is 2.65. The quantitative estimate of drug-likeness (QED) is 0.756. The maximum atomic E-state index is 13.6. The molecule has 0 saturated heterocycles. The van der Waals surface area contributed by atoms with Crippen LogP contribution in [0.4, 0.5) is 25.8 Å². The van der Waals surface area contributed by atoms with Gasteiger partial charge in [-0.3, -0.25) is 0 Å². The first-order chi connectivity index (χ1) is 9.83. The number of sulfonamides is 1. The van der Waals surface area contributed by atoms with Crippen LogP contribution in [0.2, 0.25) is 0 Å². The number of benzene rings is 2. The molecule has 0 aliphatic carbocycles. The maximum absolute atomic E-state index is 13.6. The number of nitrogens with two attached hydrogens (primary N) is 1. The number of nitrogen functional groups attached to an aromatic ring is 1. The molecule has 0 aliphatic heterocycles. The molecule has 0 amide bonds. The first kappa shape index (κ1) is 15.2. The first-order valence-corrected chi connectivity index (χ1v) is 7.37. The molecule has 112 valence electrons. The lowest BCUT2D eigenvalue weighted by molar-refractivity contribution is 0.586. The van der Waals surface area contributed by atoms with Crippen LogP contribution in [0.25, 0.3) is 0 Å². The molecule has 8 heteroatoms. The SMILES string of the molecule is CNS(=O)(=O)c1ccc(N)c(Nc2ccc(F)cc2F)c1. The van der Waals surface area contributed by atoms with E-state index in [0.29, 0.717) is 6.07 Å². The Kier molecular flexibility index (Phi) is 4.10. The van der Waals surface area contributed by atoms with Crippen molar-refractivity contribution in [1.29, 1.82) is 0 Å². The summed E-state index contributed by atoms with van der Waals surface area (Å²) in [7, 11) is -2.37. The van der Waals surface area contributed by atoms with E-state index in [0.717, 1.165) is 6.07 Å². The Balaban J connectivity index is 2.42. The summed E-state index contributed by atoms with van der Waals surface area (Å²) in [4.78, 5) is -0.0239. The predicted octanol–water partition coefficient (Wildman–Crippen LogP) is 2.20. The fourth-order valence-corrected chi connectivity index (χ4v) is 2.42. The van der Waals surface area contributed by atoms with Crippen LogP contribution in [-0.4, -0.2) is 15.5 Å². The van der Waals surface area contributed by atoms with Crippen molar-refractivity contribution < 1.29 is 17.2 Å². The van der Waals surface area contributed by atoms with E-state index in [1.54, 1.807) is 0 Å². The Morgan fingerprint density at radius 2 is 1.76 bits per heavy atom. The van der Waals surface area contributed by atoms with Gasteiger partial charge in [-0.15, -0.1) is 0 Å². The van der Waals surface area contributed by atoms with E-state index in [9.17, 15) is 17.2 Å². The standard InChI is InChI=1S/C13H13F2N3O2S/c1-17-21(19,20)9-3-4-11(16)13(7-9)18-12-5-2-8(14)6-10(12)15/h2-7,17-18H,16H2,1H3. The van der Waals surface area contributed by atoms with Gasteiger partial charge in [0.1, 0.15) is 11.6 Å². The molecule has 5 nitrogen and oxygen atoms in total. The van der Waals surface area contributed by atoms with Gasteiger partial charge in [0.2, 0.25) is 10.0 Å². The van der Waals surface area contributed by atoms with Crippen LogP contribution in [0.15, 0.2) is 41.3 Å². The van der Waals surface area contributed by atoms with Gasteiger partial charge in [-0.05, 0) is 37.4 Å². The van der Waals surface area contributed by atoms with E-state index >= 15 is 0 Å². The molecule has 0 aromatic heterocycles. The molecule has 4 N–H and O–H groups in total. The molecule has 2 aromatic rings. The molecule has 21 heavy (non-hydrogen) atoms. The molecule has 0 radical (unpaired) electrons. The van der Waals surface area contributed by atoms with Gasteiger partial charge in [0.25, 0.3) is 0 Å². The van der Waals surface area contributed by atoms with Crippen LogP contribution in [0.1, 0.15) is 0 Å². The zero-order valence-corrected chi connectivity index (χ0v) is 11.8. The van der Waals surface area contributed by atoms with Gasteiger partial charge in [-0.25, -0.2) is 21.9 Å². The fraction of sp³-hybridized carbons (Fsp3) is 0.0769. The van der Waals surface area contributed by atoms with Gasteiger partial charge in [-0.1, -0.05) is 0 Å². The highest BCUT2D eigenvalue weighted by Crippen LogP contribution is 2.27. The van der Waals surface area contributed by atoms with Gasteiger partial charge in [-0.2, -0.15) is 0 Å². The second kappa shape index (κ2) is 5.66. The minimum Gasteiger partial charge on any atom is -0.397 e. The number of rotatable bonds is 4. The molecule has 0 heterocycles. The van der Waals surface area contributed by atoms with Gasteiger partial charge in [0, 0.05) is 6.07 Å². The average Bonchev–Trinajstić information content (AvgIpc) is 2.43. The molecule has 0 saturated carbocycles. The number of hydrogen-bond acceptors (Lipinski definition) is 4. The van der Waals surface area contributed by atoms with Crippen molar-refractivity contribution in [3.05, 3.63) is 48.0 Å². The molecular weight excluding hydrogens is 300 g/mol. The fourth-order valence-electron chi connectivity index (χ4n) is 1.66. The number of anilines is 3. The lowest BCUT2D eigenvalue weighted by Gasteiger charge is -2.12. The van der Waals surface area contributed by atoms with E-state index in [4.69, 9.17) is 5.73 Å². The maximum Gasteiger partial charge on any atom is 0.240 e. The highest BCUT2D eigenvalue weighted by Gasteiger charge is 2.14. The first-order valence-electron chi connectivity index (χ1n) is 5.88. The second-order valence-electron chi connectivity index (χ2n) is 4.21. The van der Waals surface area contributed by atoms with E-state index in [2.05, 4.69) is 10.0 Å². The van der Waals surface area contributed by atoms with Crippen LogP contribution in [0.5, 0.6) is 0 Å². The van der Waals surface area contributed by atoms with Crippen molar-refractivity contribution in [3.8, 4) is 0 Å². The van der Waals surface area contributed by atoms with E-state index in [1.165, 1.54) is 31.3 Å². The number of halogens is 2. The van der Waals surface area contributed by atoms with Crippen LogP contribution in [-0.2, 0) is 10.0 Å². The molecule has 0 unspecified atom stereocenters. The summed E-state index contributed by atoms with van der Waals surface area (Å²) < 4.78 is 52.1. The summed E-state index contributed by atoms with van der Waals surface area (Å²) in [6, 6.07) is 6.97. The average molecular weight is 313 g/mol. The van der Waals surface area contributed by atoms with Gasteiger partial charge < -0.3 is 11.1 Å². The third-order valence-corrected chi connectivity index (χ3v) is 4.22. The van der Waals surface area contributed by atoms with Crippen molar-refractivity contribution in [3.63, 3.8) is 0 Å². The van der Waals surface area contributed by atoms with Crippen molar-refractivity contribution >= 4 is 27.1 Å². The lowest BCUT2D eigenvalue weighted by Crippen LogP contribution is -2.18. The topological polar surface area (TPSA) is 84.2 Å². The second-order valence-corrected chi connectivity index (χ2v) is 6.09. The normalized spacial score (nSPS) is 11.4. The van der Waals surface area contributed by atoms with Crippen molar-refractivity contribution in [2.45, 2.75) is 4.90 Å². The molecule has 0 bridgehead atoms. The smallest absolute Gasteiger partial charge is 0.240 e. The van der Waals surface area contributed by atoms with Gasteiger partial charge in [0.05, 0.1) is 22.0 Å². The third kappa shape index (κ3) is 3.29. The highest BCUT2D eigenvalue weighted by atomic mass is 32.2. The largest absolute Gasteiger partial charge is 0.397 e. The predicted molar refractivity (Wildman–Crippen MR) is 76.7 cm³/mol. The Hall–Kier alpha value is -2.19. The Labute approximate surface area is 120 Å². The van der Waals surface area contributed by atoms with E-state index in [-0.39, 0.29) is 22.0 Å². The molecule has 0 aliphatic rings. The summed E-state index contributed by atoms with van der Waals surface area (Å²) >= 11 is 0. The summed E-state index contributed by atoms with van der Waals surface area (Å²) in [5.41, 5.74) is 6.15. The Bertz CT molecular complexity index is 779. The Morgan fingerprint density at radius 3 is 2.38 bits per heavy atom. The molecule has 0 spiro atoms. The zero-order chi connectivity index (χ0) is 15.6. The van der Waals surface area contributed by atoms with E-state index in [1.807, 2.05) is 0 Å². The van der Waals surface area contributed by atoms with Crippen molar-refractivity contribution in [2.75, 3.05) is 18.1 Å². The monoisotopic (exact) mass is 313 g/mol. The van der Waals surface area contributed by atoms with Crippen molar-refractivity contribution in [1.82, 2.24) is 4.72 Å². The molecule has 2 aromatic carbocycles. The third-order valence-electron chi connectivity index (χ3n) is 2.80. The van der Waals surface area contributed by atoms with Crippen LogP contribution < -0.4 is 15.8 Å². The molecular formula is C13H13F2N3O2S. The molecule has 2 rings (SSSR count). The van der Waals surface area contributed by atoms with Crippen LogP contribution in [0.3, 0.4) is 0 Å². The Morgan fingerprint density at radius 1 is 1.05 bits per heavy atom. The summed E-state index contributed by atoms with van der Waals surface area (Å²) in [6.45, 7) is 0. The summed E-state index contributed by atoms with van der Waals surface area (Å²) in [6.07, 6.45) is 0. The number of hydrogen-bond donors (Lipinski definition) is 3. The van der Waals surface area contributed by atoms with Crippen LogP contribution in [0, 0.1) is 11.6 Å². The molecule has 0 fully saturated rings. The van der Waals surface area contributed by atoms with E-state index < -0.39 is 21.7 Å². The van der Waals surface area contributed by atoms with Crippen molar-refractivity contribution in [2.24, 2.45) is 0 Å². The number of nitrogens with one attached hydrogen (secondary N) is 2. The minimum atomic E-state index is -3.65. The summed E-state index contributed by atoms with van der Waals surface area (Å²) in [5.74, 6) is -1.52. The highest BCUT2D eigenvalue weighted by molar-refractivity contribution is 7.89. The minimum absolute atomic E-state index is 0.0119. The van der Waals surface area contributed by atoms with Crippen LogP contribution >= 0.6 is 0 Å². The molecule has 0 atom stereocenters. The van der Waals surface area contributed by atoms with Gasteiger partial charge >= 0.3 is 0 Å². The zero-order valence-electron chi connectivity index (χ0n) is 11.0. The lowest BCUT2D eigenvalue weighted by atomic mass is 10.2.